The first kappa shape index (κ1) is 18.6. The van der Waals surface area contributed by atoms with E-state index in [1.165, 1.54) is 0 Å². The summed E-state index contributed by atoms with van der Waals surface area (Å²) < 4.78 is 3.06. The number of aryl methyl sites for hydroxylation is 1. The lowest BCUT2D eigenvalue weighted by Crippen LogP contribution is -2.16. The first-order valence-corrected chi connectivity index (χ1v) is 9.72. The predicted octanol–water partition coefficient (Wildman–Crippen LogP) is 5.78. The van der Waals surface area contributed by atoms with Crippen LogP contribution in [0.2, 0.25) is 5.02 Å². The Bertz CT molecular complexity index is 1020. The first-order chi connectivity index (χ1) is 12.5. The molecule has 0 aliphatic carbocycles. The van der Waals surface area contributed by atoms with Crippen molar-refractivity contribution in [3.8, 4) is 5.75 Å². The number of nitrogens with one attached hydrogen (secondary N) is 1. The maximum atomic E-state index is 10.1. The van der Waals surface area contributed by atoms with Crippen LogP contribution in [-0.2, 0) is 6.54 Å². The molecule has 0 unspecified atom stereocenters. The third kappa shape index (κ3) is 3.81. The van der Waals surface area contributed by atoms with Gasteiger partial charge in [-0.3, -0.25) is 4.99 Å². The normalized spacial score (nSPS) is 12.0. The van der Waals surface area contributed by atoms with Crippen LogP contribution in [0.4, 0.5) is 5.69 Å². The Morgan fingerprint density at radius 3 is 2.77 bits per heavy atom. The third-order valence-corrected chi connectivity index (χ3v) is 5.61. The fourth-order valence-corrected chi connectivity index (χ4v) is 4.09. The van der Waals surface area contributed by atoms with Crippen LogP contribution in [0.1, 0.15) is 30.9 Å². The van der Waals surface area contributed by atoms with Gasteiger partial charge >= 0.3 is 0 Å². The summed E-state index contributed by atoms with van der Waals surface area (Å²) in [6.45, 7) is 5.60. The molecule has 5 nitrogen and oxygen atoms in total. The standard InChI is InChI=1S/C19H21ClN4OS/c1-3-4-7-22-19-24(11-13-5-6-14(20)8-12(13)2)16-10-17(25)15(23-21)9-18(16)26-19/h5-6,8-10,21,25H,3-4,7,11H2,1-2H3. The van der Waals surface area contributed by atoms with E-state index in [1.807, 2.05) is 25.1 Å². The molecule has 0 saturated carbocycles. The van der Waals surface area contributed by atoms with E-state index >= 15 is 0 Å². The first-order valence-electron chi connectivity index (χ1n) is 8.52. The van der Waals surface area contributed by atoms with Gasteiger partial charge in [-0.2, -0.15) is 5.11 Å². The highest BCUT2D eigenvalue weighted by molar-refractivity contribution is 7.16. The zero-order valence-electron chi connectivity index (χ0n) is 14.8. The van der Waals surface area contributed by atoms with Crippen LogP contribution in [0.3, 0.4) is 0 Å². The zero-order chi connectivity index (χ0) is 18.7. The highest BCUT2D eigenvalue weighted by Crippen LogP contribution is 2.33. The van der Waals surface area contributed by atoms with Gasteiger partial charge in [0.1, 0.15) is 11.4 Å². The number of unbranched alkanes of at least 4 members (excludes halogenated alkanes) is 1. The third-order valence-electron chi connectivity index (χ3n) is 4.29. The molecular weight excluding hydrogens is 368 g/mol. The second-order valence-corrected chi connectivity index (χ2v) is 7.64. The quantitative estimate of drug-likeness (QED) is 0.407. The van der Waals surface area contributed by atoms with Crippen LogP contribution in [0.5, 0.6) is 5.75 Å². The summed E-state index contributed by atoms with van der Waals surface area (Å²) in [6, 6.07) is 9.28. The van der Waals surface area contributed by atoms with Gasteiger partial charge in [0.15, 0.2) is 4.80 Å². The highest BCUT2D eigenvalue weighted by atomic mass is 35.5. The smallest absolute Gasteiger partial charge is 0.186 e. The molecule has 136 valence electrons. The number of phenolic OH excluding ortho intramolecular Hbond substituents is 1. The molecule has 0 aliphatic heterocycles. The molecule has 0 radical (unpaired) electrons. The van der Waals surface area contributed by atoms with E-state index in [9.17, 15) is 5.11 Å². The van der Waals surface area contributed by atoms with E-state index in [0.717, 1.165) is 50.6 Å². The average Bonchev–Trinajstić information content (AvgIpc) is 2.93. The van der Waals surface area contributed by atoms with Crippen molar-refractivity contribution in [2.24, 2.45) is 10.1 Å². The van der Waals surface area contributed by atoms with Gasteiger partial charge in [-0.05, 0) is 42.7 Å². The molecule has 0 fully saturated rings. The Morgan fingerprint density at radius 1 is 1.27 bits per heavy atom. The fourth-order valence-electron chi connectivity index (χ4n) is 2.80. The van der Waals surface area contributed by atoms with E-state index in [2.05, 4.69) is 16.6 Å². The van der Waals surface area contributed by atoms with Crippen molar-refractivity contribution in [1.29, 1.82) is 5.53 Å². The van der Waals surface area contributed by atoms with Crippen LogP contribution in [0.15, 0.2) is 40.4 Å². The number of benzene rings is 2. The molecule has 0 aliphatic rings. The van der Waals surface area contributed by atoms with Crippen LogP contribution < -0.4 is 4.80 Å². The number of phenols is 1. The number of hydrogen-bond acceptors (Lipinski definition) is 5. The Balaban J connectivity index is 2.16. The molecular formula is C19H21ClN4OS. The minimum Gasteiger partial charge on any atom is -0.506 e. The molecule has 0 spiro atoms. The summed E-state index contributed by atoms with van der Waals surface area (Å²) >= 11 is 7.64. The van der Waals surface area contributed by atoms with Crippen LogP contribution in [0.25, 0.3) is 10.2 Å². The minimum absolute atomic E-state index is 0.00647. The Morgan fingerprint density at radius 2 is 2.08 bits per heavy atom. The van der Waals surface area contributed by atoms with Gasteiger partial charge in [0.2, 0.25) is 0 Å². The molecule has 3 rings (SSSR count). The second-order valence-electron chi connectivity index (χ2n) is 6.20. The van der Waals surface area contributed by atoms with E-state index in [-0.39, 0.29) is 11.4 Å². The van der Waals surface area contributed by atoms with E-state index in [4.69, 9.17) is 22.1 Å². The van der Waals surface area contributed by atoms with E-state index in [0.29, 0.717) is 6.54 Å². The van der Waals surface area contributed by atoms with Gasteiger partial charge in [-0.1, -0.05) is 42.3 Å². The van der Waals surface area contributed by atoms with E-state index < -0.39 is 0 Å². The second kappa shape index (κ2) is 8.01. The SMILES string of the molecule is CCCCN=c1sc2cc(N=N)c(O)cc2n1Cc1ccc(Cl)cc1C. The van der Waals surface area contributed by atoms with Crippen molar-refractivity contribution in [3.63, 3.8) is 0 Å². The van der Waals surface area contributed by atoms with Crippen molar-refractivity contribution in [1.82, 2.24) is 4.57 Å². The Hall–Kier alpha value is -2.18. The van der Waals surface area contributed by atoms with Gasteiger partial charge in [-0.25, -0.2) is 5.53 Å². The minimum atomic E-state index is 0.00647. The van der Waals surface area contributed by atoms with E-state index in [1.54, 1.807) is 23.5 Å². The van der Waals surface area contributed by atoms with Crippen molar-refractivity contribution in [3.05, 3.63) is 51.3 Å². The molecule has 2 aromatic carbocycles. The van der Waals surface area contributed by atoms with Crippen LogP contribution >= 0.6 is 22.9 Å². The summed E-state index contributed by atoms with van der Waals surface area (Å²) in [7, 11) is 0. The highest BCUT2D eigenvalue weighted by Gasteiger charge is 2.12. The number of aromatic nitrogens is 1. The largest absolute Gasteiger partial charge is 0.506 e. The lowest BCUT2D eigenvalue weighted by atomic mass is 10.1. The summed E-state index contributed by atoms with van der Waals surface area (Å²) in [5, 5.41) is 14.3. The molecule has 2 N–H and O–H groups in total. The number of aromatic hydroxyl groups is 1. The summed E-state index contributed by atoms with van der Waals surface area (Å²) in [5.74, 6) is 0.00647. The van der Waals surface area contributed by atoms with Crippen molar-refractivity contribution in [2.75, 3.05) is 6.54 Å². The fraction of sp³-hybridized carbons (Fsp3) is 0.316. The van der Waals surface area contributed by atoms with Gasteiger partial charge in [0.05, 0.1) is 16.8 Å². The van der Waals surface area contributed by atoms with Crippen LogP contribution in [0, 0.1) is 12.5 Å². The molecule has 1 heterocycles. The topological polar surface area (TPSA) is 73.7 Å². The van der Waals surface area contributed by atoms with Gasteiger partial charge < -0.3 is 9.67 Å². The lowest BCUT2D eigenvalue weighted by Gasteiger charge is -2.10. The monoisotopic (exact) mass is 388 g/mol. The molecule has 0 bridgehead atoms. The number of fused-ring (bicyclic) bond motifs is 1. The van der Waals surface area contributed by atoms with Gasteiger partial charge in [-0.15, -0.1) is 0 Å². The molecule has 26 heavy (non-hydrogen) atoms. The Kier molecular flexibility index (Phi) is 5.74. The zero-order valence-corrected chi connectivity index (χ0v) is 16.4. The van der Waals surface area contributed by atoms with Crippen molar-refractivity contribution >= 4 is 38.8 Å². The van der Waals surface area contributed by atoms with Gasteiger partial charge in [0, 0.05) is 17.6 Å². The number of rotatable bonds is 6. The number of nitrogens with zero attached hydrogens (tertiary/aromatic N) is 3. The van der Waals surface area contributed by atoms with Crippen molar-refractivity contribution < 1.29 is 5.11 Å². The average molecular weight is 389 g/mol. The molecule has 0 saturated heterocycles. The maximum absolute atomic E-state index is 10.1. The molecule has 3 aromatic rings. The van der Waals surface area contributed by atoms with Crippen LogP contribution in [-0.4, -0.2) is 16.2 Å². The molecule has 0 atom stereocenters. The molecule has 1 aromatic heterocycles. The maximum Gasteiger partial charge on any atom is 0.186 e. The Labute approximate surface area is 161 Å². The number of hydrogen-bond donors (Lipinski definition) is 2. The van der Waals surface area contributed by atoms with Gasteiger partial charge in [0.25, 0.3) is 0 Å². The van der Waals surface area contributed by atoms with Crippen molar-refractivity contribution in [2.45, 2.75) is 33.2 Å². The molecule has 0 amide bonds. The summed E-state index contributed by atoms with van der Waals surface area (Å²) in [5.41, 5.74) is 10.6. The summed E-state index contributed by atoms with van der Waals surface area (Å²) in [4.78, 5) is 5.66. The number of thiazole rings is 1. The summed E-state index contributed by atoms with van der Waals surface area (Å²) in [6.07, 6.45) is 2.13. The predicted molar refractivity (Wildman–Crippen MR) is 107 cm³/mol. The lowest BCUT2D eigenvalue weighted by molar-refractivity contribution is 0.476. The molecule has 7 heteroatoms. The number of halogens is 1.